The molecule has 0 aliphatic carbocycles. The lowest BCUT2D eigenvalue weighted by atomic mass is 10.1. The van der Waals surface area contributed by atoms with E-state index in [1.165, 1.54) is 38.5 Å². The summed E-state index contributed by atoms with van der Waals surface area (Å²) in [5, 5.41) is 4.03. The van der Waals surface area contributed by atoms with Crippen LogP contribution >= 0.6 is 0 Å². The maximum Gasteiger partial charge on any atom is 0.240 e. The summed E-state index contributed by atoms with van der Waals surface area (Å²) in [6.07, 6.45) is 11.7. The molecule has 0 heterocycles. The Morgan fingerprint density at radius 3 is 2.15 bits per heavy atom. The van der Waals surface area contributed by atoms with E-state index in [1.54, 1.807) is 39.7 Å². The fourth-order valence-corrected chi connectivity index (χ4v) is 2.88. The van der Waals surface area contributed by atoms with Crippen molar-refractivity contribution in [3.05, 3.63) is 17.7 Å². The predicted octanol–water partition coefficient (Wildman–Crippen LogP) is 4.69. The fourth-order valence-electron chi connectivity index (χ4n) is 2.88. The summed E-state index contributed by atoms with van der Waals surface area (Å²) in [5.74, 6) is 1.51. The molecule has 1 rings (SSSR count). The molecule has 6 nitrogen and oxygen atoms in total. The van der Waals surface area contributed by atoms with Crippen LogP contribution in [0.5, 0.6) is 17.2 Å². The van der Waals surface area contributed by atoms with Gasteiger partial charge in [-0.3, -0.25) is 4.79 Å². The molecule has 0 spiro atoms. The maximum absolute atomic E-state index is 11.9. The monoisotopic (exact) mass is 378 g/mol. The lowest BCUT2D eigenvalue weighted by Crippen LogP contribution is -2.17. The summed E-state index contributed by atoms with van der Waals surface area (Å²) in [4.78, 5) is 11.9. The van der Waals surface area contributed by atoms with Crippen LogP contribution in [0.25, 0.3) is 0 Å². The lowest BCUT2D eigenvalue weighted by Gasteiger charge is -2.13. The molecular formula is C21H34N2O4. The number of carbonyl (C=O) groups is 1. The maximum atomic E-state index is 11.9. The van der Waals surface area contributed by atoms with E-state index < -0.39 is 0 Å². The van der Waals surface area contributed by atoms with E-state index in [1.807, 2.05) is 0 Å². The second kappa shape index (κ2) is 13.9. The van der Waals surface area contributed by atoms with Gasteiger partial charge >= 0.3 is 0 Å². The third-order valence-corrected chi connectivity index (χ3v) is 4.38. The molecule has 0 radical (unpaired) electrons. The van der Waals surface area contributed by atoms with E-state index in [-0.39, 0.29) is 5.91 Å². The summed E-state index contributed by atoms with van der Waals surface area (Å²) in [5.41, 5.74) is 3.27. The number of hydrogen-bond donors (Lipinski definition) is 1. The van der Waals surface area contributed by atoms with E-state index in [9.17, 15) is 4.79 Å². The van der Waals surface area contributed by atoms with Crippen LogP contribution in [0.15, 0.2) is 17.2 Å². The number of amides is 1. The molecule has 1 aromatic rings. The van der Waals surface area contributed by atoms with Crippen LogP contribution in [-0.4, -0.2) is 33.5 Å². The average molecular weight is 379 g/mol. The molecule has 6 heteroatoms. The number of hydrogen-bond acceptors (Lipinski definition) is 5. The Balaban J connectivity index is 2.38. The van der Waals surface area contributed by atoms with Crippen molar-refractivity contribution in [2.24, 2.45) is 5.10 Å². The molecular weight excluding hydrogens is 344 g/mol. The van der Waals surface area contributed by atoms with E-state index in [2.05, 4.69) is 17.5 Å². The van der Waals surface area contributed by atoms with Crippen LogP contribution in [0.3, 0.4) is 0 Å². The molecule has 0 saturated carbocycles. The second-order valence-electron chi connectivity index (χ2n) is 6.44. The topological polar surface area (TPSA) is 69.2 Å². The SMILES string of the molecule is CCCCCCCCCCC(=O)NN=Cc1ccc(OC)c(OC)c1OC. The Bertz CT molecular complexity index is 588. The highest BCUT2D eigenvalue weighted by Gasteiger charge is 2.14. The van der Waals surface area contributed by atoms with Gasteiger partial charge in [0.15, 0.2) is 11.5 Å². The molecule has 0 saturated heterocycles. The van der Waals surface area contributed by atoms with Gasteiger partial charge in [0.25, 0.3) is 0 Å². The number of hydrazone groups is 1. The molecule has 152 valence electrons. The zero-order chi connectivity index (χ0) is 19.9. The Morgan fingerprint density at radius 2 is 1.56 bits per heavy atom. The smallest absolute Gasteiger partial charge is 0.240 e. The van der Waals surface area contributed by atoms with Crippen molar-refractivity contribution in [3.8, 4) is 17.2 Å². The Hall–Kier alpha value is -2.24. The largest absolute Gasteiger partial charge is 0.493 e. The van der Waals surface area contributed by atoms with Crippen LogP contribution in [0.2, 0.25) is 0 Å². The number of ether oxygens (including phenoxy) is 3. The molecule has 0 aliphatic heterocycles. The molecule has 1 aromatic carbocycles. The first kappa shape index (κ1) is 22.8. The van der Waals surface area contributed by atoms with Crippen molar-refractivity contribution in [1.29, 1.82) is 0 Å². The van der Waals surface area contributed by atoms with Crippen LogP contribution in [0.4, 0.5) is 0 Å². The minimum atomic E-state index is -0.0725. The third-order valence-electron chi connectivity index (χ3n) is 4.38. The molecule has 0 aliphatic rings. The highest BCUT2D eigenvalue weighted by atomic mass is 16.5. The number of benzene rings is 1. The average Bonchev–Trinajstić information content (AvgIpc) is 2.69. The van der Waals surface area contributed by atoms with E-state index in [4.69, 9.17) is 14.2 Å². The highest BCUT2D eigenvalue weighted by molar-refractivity contribution is 5.87. The number of carbonyl (C=O) groups excluding carboxylic acids is 1. The molecule has 0 bridgehead atoms. The van der Waals surface area contributed by atoms with E-state index in [0.717, 1.165) is 12.8 Å². The van der Waals surface area contributed by atoms with Crippen molar-refractivity contribution in [1.82, 2.24) is 5.43 Å². The highest BCUT2D eigenvalue weighted by Crippen LogP contribution is 2.38. The van der Waals surface area contributed by atoms with E-state index in [0.29, 0.717) is 29.2 Å². The summed E-state index contributed by atoms with van der Waals surface area (Å²) in [6, 6.07) is 3.57. The summed E-state index contributed by atoms with van der Waals surface area (Å²) < 4.78 is 16.0. The number of unbranched alkanes of at least 4 members (excludes halogenated alkanes) is 7. The fraction of sp³-hybridized carbons (Fsp3) is 0.619. The second-order valence-corrected chi connectivity index (χ2v) is 6.44. The van der Waals surface area contributed by atoms with Gasteiger partial charge < -0.3 is 14.2 Å². The molecule has 1 amide bonds. The number of methoxy groups -OCH3 is 3. The molecule has 0 fully saturated rings. The van der Waals surface area contributed by atoms with Crippen molar-refractivity contribution in [2.45, 2.75) is 64.7 Å². The van der Waals surface area contributed by atoms with Crippen molar-refractivity contribution in [2.75, 3.05) is 21.3 Å². The van der Waals surface area contributed by atoms with Gasteiger partial charge in [0.05, 0.1) is 27.5 Å². The van der Waals surface area contributed by atoms with Crippen LogP contribution in [0.1, 0.15) is 70.3 Å². The summed E-state index contributed by atoms with van der Waals surface area (Å²) in [6.45, 7) is 2.22. The van der Waals surface area contributed by atoms with Gasteiger partial charge in [0.1, 0.15) is 0 Å². The van der Waals surface area contributed by atoms with Crippen molar-refractivity contribution >= 4 is 12.1 Å². The summed E-state index contributed by atoms with van der Waals surface area (Å²) >= 11 is 0. The van der Waals surface area contributed by atoms with E-state index >= 15 is 0 Å². The molecule has 0 unspecified atom stereocenters. The van der Waals surface area contributed by atoms with Gasteiger partial charge in [-0.15, -0.1) is 0 Å². The Kier molecular flexibility index (Phi) is 11.7. The van der Waals surface area contributed by atoms with Crippen LogP contribution < -0.4 is 19.6 Å². The lowest BCUT2D eigenvalue weighted by molar-refractivity contribution is -0.121. The number of nitrogens with zero attached hydrogens (tertiary/aromatic N) is 1. The predicted molar refractivity (Wildman–Crippen MR) is 109 cm³/mol. The quantitative estimate of drug-likeness (QED) is 0.290. The number of rotatable bonds is 14. The standard InChI is InChI=1S/C21H34N2O4/c1-5-6-7-8-9-10-11-12-13-19(24)23-22-16-17-14-15-18(25-2)21(27-4)20(17)26-3/h14-16H,5-13H2,1-4H3,(H,23,24). The van der Waals surface area contributed by atoms with Crippen LogP contribution in [-0.2, 0) is 4.79 Å². The van der Waals surface area contributed by atoms with Gasteiger partial charge in [-0.25, -0.2) is 5.43 Å². The minimum absolute atomic E-state index is 0.0725. The minimum Gasteiger partial charge on any atom is -0.493 e. The number of nitrogens with one attached hydrogen (secondary N) is 1. The van der Waals surface area contributed by atoms with Gasteiger partial charge in [0.2, 0.25) is 11.7 Å². The van der Waals surface area contributed by atoms with Gasteiger partial charge in [0, 0.05) is 12.0 Å². The molecule has 27 heavy (non-hydrogen) atoms. The van der Waals surface area contributed by atoms with Crippen molar-refractivity contribution in [3.63, 3.8) is 0 Å². The normalized spacial score (nSPS) is 10.8. The van der Waals surface area contributed by atoms with Gasteiger partial charge in [-0.1, -0.05) is 51.9 Å². The van der Waals surface area contributed by atoms with Crippen LogP contribution in [0, 0.1) is 0 Å². The van der Waals surface area contributed by atoms with Crippen molar-refractivity contribution < 1.29 is 19.0 Å². The Labute approximate surface area is 163 Å². The first-order chi connectivity index (χ1) is 13.2. The first-order valence-electron chi connectivity index (χ1n) is 9.78. The zero-order valence-corrected chi connectivity index (χ0v) is 17.2. The summed E-state index contributed by atoms with van der Waals surface area (Å²) in [7, 11) is 4.67. The van der Waals surface area contributed by atoms with Gasteiger partial charge in [-0.05, 0) is 18.6 Å². The Morgan fingerprint density at radius 1 is 0.926 bits per heavy atom. The molecule has 0 aromatic heterocycles. The van der Waals surface area contributed by atoms with Gasteiger partial charge in [-0.2, -0.15) is 5.10 Å². The zero-order valence-electron chi connectivity index (χ0n) is 17.2. The molecule has 0 atom stereocenters. The third kappa shape index (κ3) is 8.33. The molecule has 1 N–H and O–H groups in total. The first-order valence-corrected chi connectivity index (χ1v) is 9.78.